The quantitative estimate of drug-likeness (QED) is 0.791. The van der Waals surface area contributed by atoms with Crippen LogP contribution in [0, 0.1) is 13.8 Å². The van der Waals surface area contributed by atoms with Crippen molar-refractivity contribution in [3.63, 3.8) is 0 Å². The number of carbonyl (C=O) groups excluding carboxylic acids is 1. The van der Waals surface area contributed by atoms with Crippen molar-refractivity contribution in [3.8, 4) is 0 Å². The van der Waals surface area contributed by atoms with E-state index in [9.17, 15) is 4.79 Å². The minimum absolute atomic E-state index is 0.0919. The summed E-state index contributed by atoms with van der Waals surface area (Å²) in [7, 11) is 0. The molecule has 0 saturated carbocycles. The predicted octanol–water partition coefficient (Wildman–Crippen LogP) is 2.05. The Bertz CT molecular complexity index is 651. The lowest BCUT2D eigenvalue weighted by molar-refractivity contribution is 0.229. The molecule has 6 heteroatoms. The molecule has 0 aliphatic carbocycles. The van der Waals surface area contributed by atoms with E-state index in [4.69, 9.17) is 5.11 Å². The monoisotopic (exact) mass is 302 g/mol. The summed E-state index contributed by atoms with van der Waals surface area (Å²) < 4.78 is 1.93. The number of hydrogen-bond donors (Lipinski definition) is 3. The van der Waals surface area contributed by atoms with Gasteiger partial charge in [0.15, 0.2) is 0 Å². The largest absolute Gasteiger partial charge is 0.394 e. The fraction of sp³-hybridized carbons (Fsp3) is 0.375. The number of benzene rings is 1. The van der Waals surface area contributed by atoms with Gasteiger partial charge in [0.05, 0.1) is 24.9 Å². The summed E-state index contributed by atoms with van der Waals surface area (Å²) in [4.78, 5) is 11.8. The Labute approximate surface area is 130 Å². The Kier molecular flexibility index (Phi) is 5.16. The molecule has 2 amide bonds. The van der Waals surface area contributed by atoms with Crippen LogP contribution >= 0.6 is 0 Å². The molecule has 2 aromatic rings. The lowest BCUT2D eigenvalue weighted by Gasteiger charge is -2.13. The van der Waals surface area contributed by atoms with Gasteiger partial charge in [0.2, 0.25) is 0 Å². The van der Waals surface area contributed by atoms with Gasteiger partial charge in [-0.3, -0.25) is 4.68 Å². The first-order valence-electron chi connectivity index (χ1n) is 7.26. The van der Waals surface area contributed by atoms with E-state index in [1.165, 1.54) is 0 Å². The van der Waals surface area contributed by atoms with E-state index >= 15 is 0 Å². The molecule has 6 nitrogen and oxygen atoms in total. The molecular weight excluding hydrogens is 280 g/mol. The predicted molar refractivity (Wildman–Crippen MR) is 85.9 cm³/mol. The van der Waals surface area contributed by atoms with Crippen molar-refractivity contribution in [1.82, 2.24) is 15.1 Å². The van der Waals surface area contributed by atoms with Crippen LogP contribution in [0.3, 0.4) is 0 Å². The van der Waals surface area contributed by atoms with E-state index in [2.05, 4.69) is 15.7 Å². The van der Waals surface area contributed by atoms with Gasteiger partial charge in [0.25, 0.3) is 0 Å². The number of anilines is 1. The molecular formula is C16H22N4O2. The Morgan fingerprint density at radius 3 is 2.77 bits per heavy atom. The van der Waals surface area contributed by atoms with Crippen LogP contribution in [0.25, 0.3) is 0 Å². The molecule has 0 fully saturated rings. The summed E-state index contributed by atoms with van der Waals surface area (Å²) >= 11 is 0. The van der Waals surface area contributed by atoms with Crippen molar-refractivity contribution in [2.24, 2.45) is 0 Å². The number of aliphatic hydroxyl groups is 1. The zero-order chi connectivity index (χ0) is 16.1. The summed E-state index contributed by atoms with van der Waals surface area (Å²) in [5, 5.41) is 18.8. The Balaban J connectivity index is 2.03. The molecule has 0 bridgehead atoms. The van der Waals surface area contributed by atoms with Gasteiger partial charge in [-0.2, -0.15) is 5.10 Å². The zero-order valence-electron chi connectivity index (χ0n) is 13.1. The third-order valence-electron chi connectivity index (χ3n) is 3.27. The van der Waals surface area contributed by atoms with E-state index in [1.54, 1.807) is 6.92 Å². The van der Waals surface area contributed by atoms with E-state index in [1.807, 2.05) is 48.9 Å². The van der Waals surface area contributed by atoms with Gasteiger partial charge in [0, 0.05) is 11.4 Å². The maximum atomic E-state index is 11.8. The van der Waals surface area contributed by atoms with Crippen molar-refractivity contribution in [1.29, 1.82) is 0 Å². The molecule has 1 atom stereocenters. The first kappa shape index (κ1) is 16.0. The highest BCUT2D eigenvalue weighted by atomic mass is 16.3. The highest BCUT2D eigenvalue weighted by Gasteiger charge is 2.07. The molecule has 0 saturated heterocycles. The van der Waals surface area contributed by atoms with E-state index in [-0.39, 0.29) is 18.7 Å². The SMILES string of the molecule is Cc1cc(C)n(Cc2cccc(NC(=O)NC(C)CO)c2)n1. The lowest BCUT2D eigenvalue weighted by Crippen LogP contribution is -2.38. The van der Waals surface area contributed by atoms with Gasteiger partial charge in [-0.25, -0.2) is 4.79 Å². The molecule has 3 N–H and O–H groups in total. The van der Waals surface area contributed by atoms with Gasteiger partial charge < -0.3 is 15.7 Å². The second kappa shape index (κ2) is 7.09. The topological polar surface area (TPSA) is 79.2 Å². The summed E-state index contributed by atoms with van der Waals surface area (Å²) in [5.74, 6) is 0. The number of aliphatic hydroxyl groups excluding tert-OH is 1. The van der Waals surface area contributed by atoms with E-state index in [0.29, 0.717) is 12.2 Å². The molecule has 1 heterocycles. The zero-order valence-corrected chi connectivity index (χ0v) is 13.1. The van der Waals surface area contributed by atoms with E-state index < -0.39 is 0 Å². The standard InChI is InChI=1S/C16H22N4O2/c1-11-7-13(3)20(19-11)9-14-5-4-6-15(8-14)18-16(22)17-12(2)10-21/h4-8,12,21H,9-10H2,1-3H3,(H2,17,18,22). The van der Waals surface area contributed by atoms with Gasteiger partial charge in [-0.05, 0) is 44.5 Å². The van der Waals surface area contributed by atoms with Crippen LogP contribution in [-0.4, -0.2) is 33.6 Å². The second-order valence-electron chi connectivity index (χ2n) is 5.47. The number of carbonyl (C=O) groups is 1. The molecule has 0 radical (unpaired) electrons. The average Bonchev–Trinajstić information content (AvgIpc) is 2.77. The van der Waals surface area contributed by atoms with Gasteiger partial charge in [-0.1, -0.05) is 12.1 Å². The summed E-state index contributed by atoms with van der Waals surface area (Å²) in [6, 6.07) is 9.06. The van der Waals surface area contributed by atoms with Crippen LogP contribution < -0.4 is 10.6 Å². The number of nitrogens with one attached hydrogen (secondary N) is 2. The van der Waals surface area contributed by atoms with Crippen LogP contribution in [0.2, 0.25) is 0 Å². The third-order valence-corrected chi connectivity index (χ3v) is 3.27. The third kappa shape index (κ3) is 4.33. The van der Waals surface area contributed by atoms with E-state index in [0.717, 1.165) is 17.0 Å². The molecule has 0 spiro atoms. The highest BCUT2D eigenvalue weighted by Crippen LogP contribution is 2.13. The Morgan fingerprint density at radius 2 is 2.14 bits per heavy atom. The summed E-state index contributed by atoms with van der Waals surface area (Å²) in [6.07, 6.45) is 0. The number of rotatable bonds is 5. The minimum Gasteiger partial charge on any atom is -0.394 e. The average molecular weight is 302 g/mol. The number of nitrogens with zero attached hydrogens (tertiary/aromatic N) is 2. The van der Waals surface area contributed by atoms with Crippen LogP contribution in [0.15, 0.2) is 30.3 Å². The first-order valence-corrected chi connectivity index (χ1v) is 7.26. The van der Waals surface area contributed by atoms with Gasteiger partial charge in [0.1, 0.15) is 0 Å². The van der Waals surface area contributed by atoms with Crippen LogP contribution in [0.5, 0.6) is 0 Å². The fourth-order valence-corrected chi connectivity index (χ4v) is 2.19. The number of urea groups is 1. The second-order valence-corrected chi connectivity index (χ2v) is 5.47. The Hall–Kier alpha value is -2.34. The molecule has 22 heavy (non-hydrogen) atoms. The lowest BCUT2D eigenvalue weighted by atomic mass is 10.2. The van der Waals surface area contributed by atoms with Crippen LogP contribution in [0.1, 0.15) is 23.9 Å². The Morgan fingerprint density at radius 1 is 1.36 bits per heavy atom. The minimum atomic E-state index is -0.329. The molecule has 2 rings (SSSR count). The van der Waals surface area contributed by atoms with Crippen molar-refractivity contribution in [3.05, 3.63) is 47.3 Å². The van der Waals surface area contributed by atoms with Crippen molar-refractivity contribution in [2.45, 2.75) is 33.4 Å². The maximum Gasteiger partial charge on any atom is 0.319 e. The molecule has 1 unspecified atom stereocenters. The summed E-state index contributed by atoms with van der Waals surface area (Å²) in [5.41, 5.74) is 3.86. The fourth-order valence-electron chi connectivity index (χ4n) is 2.19. The number of aryl methyl sites for hydroxylation is 2. The van der Waals surface area contributed by atoms with Crippen molar-refractivity contribution < 1.29 is 9.90 Å². The molecule has 118 valence electrons. The number of aromatic nitrogens is 2. The maximum absolute atomic E-state index is 11.8. The highest BCUT2D eigenvalue weighted by molar-refractivity contribution is 5.89. The number of hydrogen-bond acceptors (Lipinski definition) is 3. The molecule has 1 aromatic carbocycles. The smallest absolute Gasteiger partial charge is 0.319 e. The number of amides is 2. The van der Waals surface area contributed by atoms with Crippen molar-refractivity contribution >= 4 is 11.7 Å². The van der Waals surface area contributed by atoms with Crippen LogP contribution in [-0.2, 0) is 6.54 Å². The normalized spacial score (nSPS) is 12.0. The summed E-state index contributed by atoms with van der Waals surface area (Å²) in [6.45, 7) is 6.29. The first-order chi connectivity index (χ1) is 10.5. The molecule has 1 aromatic heterocycles. The van der Waals surface area contributed by atoms with Crippen molar-refractivity contribution in [2.75, 3.05) is 11.9 Å². The van der Waals surface area contributed by atoms with Crippen LogP contribution in [0.4, 0.5) is 10.5 Å². The van der Waals surface area contributed by atoms with Gasteiger partial charge >= 0.3 is 6.03 Å². The molecule has 0 aliphatic rings. The van der Waals surface area contributed by atoms with Gasteiger partial charge in [-0.15, -0.1) is 0 Å². The molecule has 0 aliphatic heterocycles.